The van der Waals surface area contributed by atoms with E-state index in [1.807, 2.05) is 6.07 Å². The van der Waals surface area contributed by atoms with Gasteiger partial charge in [0, 0.05) is 25.0 Å². The molecule has 8 nitrogen and oxygen atoms in total. The summed E-state index contributed by atoms with van der Waals surface area (Å²) in [5.41, 5.74) is 1.70. The predicted molar refractivity (Wildman–Crippen MR) is 98.3 cm³/mol. The maximum absolute atomic E-state index is 12.9. The Labute approximate surface area is 162 Å². The summed E-state index contributed by atoms with van der Waals surface area (Å²) in [4.78, 5) is 52.6. The highest BCUT2D eigenvalue weighted by Crippen LogP contribution is 2.37. The highest BCUT2D eigenvalue weighted by Gasteiger charge is 2.47. The van der Waals surface area contributed by atoms with Crippen LogP contribution in [-0.4, -0.2) is 64.6 Å². The molecule has 146 valence electrons. The van der Waals surface area contributed by atoms with Crippen molar-refractivity contribution in [3.63, 3.8) is 0 Å². The van der Waals surface area contributed by atoms with Gasteiger partial charge >= 0.3 is 0 Å². The van der Waals surface area contributed by atoms with Crippen LogP contribution in [0.5, 0.6) is 0 Å². The predicted octanol–water partition coefficient (Wildman–Crippen LogP) is 0.0240. The second-order valence-electron chi connectivity index (χ2n) is 7.96. The summed E-state index contributed by atoms with van der Waals surface area (Å²) in [6, 6.07) is 5.66. The van der Waals surface area contributed by atoms with E-state index in [-0.39, 0.29) is 18.7 Å². The molecule has 3 unspecified atom stereocenters. The second-order valence-corrected chi connectivity index (χ2v) is 7.96. The van der Waals surface area contributed by atoms with E-state index in [1.54, 1.807) is 12.1 Å². The van der Waals surface area contributed by atoms with Gasteiger partial charge in [0.2, 0.25) is 11.8 Å². The van der Waals surface area contributed by atoms with Crippen molar-refractivity contribution in [1.29, 1.82) is 0 Å². The van der Waals surface area contributed by atoms with Crippen molar-refractivity contribution in [2.45, 2.75) is 50.4 Å². The average molecular weight is 382 g/mol. The lowest BCUT2D eigenvalue weighted by Crippen LogP contribution is -2.54. The molecule has 0 bridgehead atoms. The van der Waals surface area contributed by atoms with Crippen molar-refractivity contribution < 1.29 is 19.2 Å². The fraction of sp³-hybridized carbons (Fsp3) is 0.500. The van der Waals surface area contributed by atoms with Crippen molar-refractivity contribution in [3.8, 4) is 0 Å². The maximum atomic E-state index is 12.9. The van der Waals surface area contributed by atoms with Crippen LogP contribution in [-0.2, 0) is 16.1 Å². The molecule has 2 N–H and O–H groups in total. The minimum absolute atomic E-state index is 0.127. The van der Waals surface area contributed by atoms with E-state index < -0.39 is 23.8 Å². The molecule has 4 amide bonds. The Bertz CT molecular complexity index is 886. The highest BCUT2D eigenvalue weighted by atomic mass is 16.2. The number of carbonyl (C=O) groups excluding carboxylic acids is 4. The van der Waals surface area contributed by atoms with Gasteiger partial charge in [-0.25, -0.2) is 0 Å². The molecule has 4 heterocycles. The second kappa shape index (κ2) is 6.49. The zero-order chi connectivity index (χ0) is 19.4. The van der Waals surface area contributed by atoms with Crippen LogP contribution < -0.4 is 10.6 Å². The highest BCUT2D eigenvalue weighted by molar-refractivity contribution is 6.23. The molecule has 5 rings (SSSR count). The molecule has 28 heavy (non-hydrogen) atoms. The van der Waals surface area contributed by atoms with Crippen molar-refractivity contribution in [3.05, 3.63) is 34.9 Å². The standard InChI is InChI=1S/C20H22N4O4/c25-17-4-3-16(18(26)22-17)24-19(27)12-2-1-11(9-13(12)20(24)28)10-23-14-5-7-21-8-6-15(14)23/h1-2,9,14-16,21H,3-8,10H2,(H,22,25,26). The Balaban J connectivity index is 1.35. The molecule has 0 radical (unpaired) electrons. The smallest absolute Gasteiger partial charge is 0.262 e. The third-order valence-electron chi connectivity index (χ3n) is 6.31. The van der Waals surface area contributed by atoms with Gasteiger partial charge in [-0.15, -0.1) is 0 Å². The Morgan fingerprint density at radius 2 is 1.64 bits per heavy atom. The largest absolute Gasteiger partial charge is 0.317 e. The SMILES string of the molecule is O=C1CCC(N2C(=O)c3ccc(CN4C5CCNCCC54)cc3C2=O)C(=O)N1. The van der Waals surface area contributed by atoms with Crippen molar-refractivity contribution >= 4 is 23.6 Å². The number of hydrogen-bond donors (Lipinski definition) is 2. The summed E-state index contributed by atoms with van der Waals surface area (Å²) < 4.78 is 0. The summed E-state index contributed by atoms with van der Waals surface area (Å²) in [6.45, 7) is 2.84. The van der Waals surface area contributed by atoms with Gasteiger partial charge in [-0.3, -0.25) is 34.3 Å². The molecule has 8 heteroatoms. The lowest BCUT2D eigenvalue weighted by Gasteiger charge is -2.27. The Morgan fingerprint density at radius 1 is 0.929 bits per heavy atom. The first-order valence-electron chi connectivity index (χ1n) is 9.85. The minimum atomic E-state index is -0.917. The third kappa shape index (κ3) is 2.75. The molecule has 4 aliphatic heterocycles. The molecule has 1 aromatic carbocycles. The minimum Gasteiger partial charge on any atom is -0.317 e. The topological polar surface area (TPSA) is 98.6 Å². The van der Waals surface area contributed by atoms with Gasteiger partial charge in [0.1, 0.15) is 6.04 Å². The van der Waals surface area contributed by atoms with Crippen LogP contribution >= 0.6 is 0 Å². The van der Waals surface area contributed by atoms with E-state index in [2.05, 4.69) is 15.5 Å². The number of amides is 4. The van der Waals surface area contributed by atoms with Gasteiger partial charge in [-0.1, -0.05) is 6.07 Å². The van der Waals surface area contributed by atoms with Gasteiger partial charge in [0.25, 0.3) is 11.8 Å². The fourth-order valence-corrected chi connectivity index (χ4v) is 4.80. The zero-order valence-electron chi connectivity index (χ0n) is 15.4. The number of carbonyl (C=O) groups is 4. The number of imide groups is 2. The number of benzene rings is 1. The van der Waals surface area contributed by atoms with E-state index in [1.165, 1.54) is 0 Å². The quantitative estimate of drug-likeness (QED) is 0.565. The van der Waals surface area contributed by atoms with E-state index >= 15 is 0 Å². The number of nitrogens with one attached hydrogen (secondary N) is 2. The lowest BCUT2D eigenvalue weighted by molar-refractivity contribution is -0.136. The molecule has 0 spiro atoms. The summed E-state index contributed by atoms with van der Waals surface area (Å²) >= 11 is 0. The molecule has 0 saturated carbocycles. The molecular formula is C20H22N4O4. The van der Waals surface area contributed by atoms with Crippen LogP contribution in [0.25, 0.3) is 0 Å². The normalized spacial score (nSPS) is 31.9. The summed E-state index contributed by atoms with van der Waals surface area (Å²) in [6.07, 6.45) is 2.57. The van der Waals surface area contributed by atoms with E-state index in [0.717, 1.165) is 42.9 Å². The molecule has 0 aromatic heterocycles. The van der Waals surface area contributed by atoms with Gasteiger partial charge < -0.3 is 5.32 Å². The van der Waals surface area contributed by atoms with Crippen LogP contribution in [0, 0.1) is 0 Å². The van der Waals surface area contributed by atoms with Crippen LogP contribution in [0.2, 0.25) is 0 Å². The summed E-state index contributed by atoms with van der Waals surface area (Å²) in [5.74, 6) is -1.85. The number of hydrogen-bond acceptors (Lipinski definition) is 6. The molecule has 3 saturated heterocycles. The number of fused-ring (bicyclic) bond motifs is 2. The monoisotopic (exact) mass is 382 g/mol. The van der Waals surface area contributed by atoms with E-state index in [9.17, 15) is 19.2 Å². The van der Waals surface area contributed by atoms with Gasteiger partial charge in [0.15, 0.2) is 0 Å². The van der Waals surface area contributed by atoms with E-state index in [0.29, 0.717) is 23.2 Å². The maximum Gasteiger partial charge on any atom is 0.262 e. The molecule has 3 fully saturated rings. The molecular weight excluding hydrogens is 360 g/mol. The number of rotatable bonds is 3. The molecule has 3 atom stereocenters. The molecule has 4 aliphatic rings. The first kappa shape index (κ1) is 17.5. The summed E-state index contributed by atoms with van der Waals surface area (Å²) in [7, 11) is 0. The summed E-state index contributed by atoms with van der Waals surface area (Å²) in [5, 5.41) is 5.63. The molecule has 0 aliphatic carbocycles. The van der Waals surface area contributed by atoms with Crippen molar-refractivity contribution in [1.82, 2.24) is 20.4 Å². The first-order valence-corrected chi connectivity index (χ1v) is 9.85. The Hall–Kier alpha value is -2.58. The van der Waals surface area contributed by atoms with Gasteiger partial charge in [-0.05, 0) is 50.0 Å². The number of nitrogens with zero attached hydrogens (tertiary/aromatic N) is 2. The fourth-order valence-electron chi connectivity index (χ4n) is 4.80. The third-order valence-corrected chi connectivity index (χ3v) is 6.31. The van der Waals surface area contributed by atoms with Crippen LogP contribution in [0.1, 0.15) is 52.0 Å². The van der Waals surface area contributed by atoms with Crippen molar-refractivity contribution in [2.75, 3.05) is 13.1 Å². The zero-order valence-corrected chi connectivity index (χ0v) is 15.4. The van der Waals surface area contributed by atoms with Gasteiger partial charge in [-0.2, -0.15) is 0 Å². The van der Waals surface area contributed by atoms with Gasteiger partial charge in [0.05, 0.1) is 11.1 Å². The van der Waals surface area contributed by atoms with Crippen LogP contribution in [0.4, 0.5) is 0 Å². The van der Waals surface area contributed by atoms with Crippen LogP contribution in [0.3, 0.4) is 0 Å². The van der Waals surface area contributed by atoms with Crippen molar-refractivity contribution in [2.24, 2.45) is 0 Å². The average Bonchev–Trinajstić information content (AvgIpc) is 3.33. The lowest BCUT2D eigenvalue weighted by atomic mass is 10.0. The van der Waals surface area contributed by atoms with Crippen LogP contribution in [0.15, 0.2) is 18.2 Å². The Morgan fingerprint density at radius 3 is 2.36 bits per heavy atom. The number of piperidine rings is 1. The van der Waals surface area contributed by atoms with E-state index in [4.69, 9.17) is 0 Å². The Kier molecular flexibility index (Phi) is 4.06. The molecule has 1 aromatic rings. The first-order chi connectivity index (χ1) is 13.5.